The maximum absolute atomic E-state index is 13.5. The Morgan fingerprint density at radius 3 is 2.51 bits per heavy atom. The third kappa shape index (κ3) is 9.21. The van der Waals surface area contributed by atoms with Gasteiger partial charge in [-0.2, -0.15) is 11.8 Å². The van der Waals surface area contributed by atoms with Crippen LogP contribution < -0.4 is 0 Å². The molecule has 0 radical (unpaired) electrons. The summed E-state index contributed by atoms with van der Waals surface area (Å²) in [4.78, 5) is 26.8. The first-order chi connectivity index (χ1) is 17.4. The van der Waals surface area contributed by atoms with E-state index in [0.29, 0.717) is 24.3 Å². The van der Waals surface area contributed by atoms with E-state index in [2.05, 4.69) is 0 Å². The van der Waals surface area contributed by atoms with Crippen LogP contribution in [-0.2, 0) is 16.1 Å². The van der Waals surface area contributed by atoms with Crippen molar-refractivity contribution < 1.29 is 19.4 Å². The van der Waals surface area contributed by atoms with E-state index in [-0.39, 0.29) is 24.8 Å². The van der Waals surface area contributed by atoms with Crippen molar-refractivity contribution in [3.63, 3.8) is 0 Å². The van der Waals surface area contributed by atoms with Gasteiger partial charge in [-0.05, 0) is 78.5 Å². The van der Waals surface area contributed by atoms with Crippen LogP contribution in [0.15, 0.2) is 42.5 Å². The van der Waals surface area contributed by atoms with Gasteiger partial charge in [0.2, 0.25) is 0 Å². The van der Waals surface area contributed by atoms with Crippen molar-refractivity contribution in [1.82, 2.24) is 4.90 Å². The van der Waals surface area contributed by atoms with Gasteiger partial charge in [0.1, 0.15) is 6.04 Å². The SMILES string of the molecule is CSCC[C@@H](C(=O)O)N(C)C(=O)c1ccc(COCCCC2CCCCC2)cc1-c1ccccc1C.[LiH]. The normalized spacial score (nSPS) is 14.6. The molecular weight excluding hydrogens is 477 g/mol. The molecule has 0 spiro atoms. The second-order valence-corrected chi connectivity index (χ2v) is 10.9. The van der Waals surface area contributed by atoms with Crippen molar-refractivity contribution in [2.24, 2.45) is 5.92 Å². The molecule has 37 heavy (non-hydrogen) atoms. The number of carbonyl (C=O) groups is 2. The minimum atomic E-state index is -0.976. The van der Waals surface area contributed by atoms with Crippen molar-refractivity contribution in [3.05, 3.63) is 59.2 Å². The van der Waals surface area contributed by atoms with Crippen LogP contribution in [0.5, 0.6) is 0 Å². The van der Waals surface area contributed by atoms with Gasteiger partial charge in [-0.25, -0.2) is 4.79 Å². The monoisotopic (exact) mass is 519 g/mol. The van der Waals surface area contributed by atoms with Crippen molar-refractivity contribution in [3.8, 4) is 11.1 Å². The van der Waals surface area contributed by atoms with Crippen molar-refractivity contribution in [2.45, 2.75) is 70.9 Å². The predicted molar refractivity (Wildman–Crippen MR) is 156 cm³/mol. The quantitative estimate of drug-likeness (QED) is 0.253. The number of hydrogen-bond acceptors (Lipinski definition) is 4. The van der Waals surface area contributed by atoms with Gasteiger partial charge >= 0.3 is 24.8 Å². The Morgan fingerprint density at radius 1 is 1.11 bits per heavy atom. The Hall–Kier alpha value is -1.71. The number of likely N-dealkylation sites (N-methyl/N-ethyl adjacent to an activating group) is 1. The third-order valence-corrected chi connectivity index (χ3v) is 7.96. The summed E-state index contributed by atoms with van der Waals surface area (Å²) in [6, 6.07) is 12.9. The van der Waals surface area contributed by atoms with Gasteiger partial charge in [0, 0.05) is 19.2 Å². The summed E-state index contributed by atoms with van der Waals surface area (Å²) in [6.07, 6.45) is 11.5. The predicted octanol–water partition coefficient (Wildman–Crippen LogP) is 6.17. The molecule has 7 heteroatoms. The topological polar surface area (TPSA) is 66.8 Å². The van der Waals surface area contributed by atoms with Crippen LogP contribution in [0.25, 0.3) is 11.1 Å². The molecule has 1 saturated carbocycles. The average molecular weight is 520 g/mol. The van der Waals surface area contributed by atoms with E-state index in [4.69, 9.17) is 4.74 Å². The zero-order chi connectivity index (χ0) is 25.9. The van der Waals surface area contributed by atoms with Crippen LogP contribution in [0, 0.1) is 12.8 Å². The van der Waals surface area contributed by atoms with Gasteiger partial charge < -0.3 is 14.7 Å². The summed E-state index contributed by atoms with van der Waals surface area (Å²) in [5, 5.41) is 9.74. The van der Waals surface area contributed by atoms with Crippen LogP contribution >= 0.6 is 11.8 Å². The number of carboxylic acid groups (broad SMARTS) is 1. The molecule has 2 aromatic carbocycles. The van der Waals surface area contributed by atoms with Gasteiger partial charge in [0.15, 0.2) is 0 Å². The standard InChI is InChI=1S/C30H41NO4S.Li.H/c1-22-10-7-8-14-25(22)27-20-24(21-35-18-9-13-23-11-5-4-6-12-23)15-16-26(27)29(32)31(2)28(30(33)34)17-19-36-3;;/h7-8,10,14-16,20,23,28H,4-6,9,11-13,17-19,21H2,1-3H3,(H,33,34);;/t28-;;/m0../s1. The Labute approximate surface area is 238 Å². The molecule has 0 heterocycles. The fourth-order valence-corrected chi connectivity index (χ4v) is 5.61. The number of aliphatic carboxylic acids is 1. The van der Waals surface area contributed by atoms with Crippen LogP contribution in [0.1, 0.15) is 72.9 Å². The maximum atomic E-state index is 13.5. The molecule has 1 aliphatic rings. The molecule has 1 atom stereocenters. The molecule has 2 aromatic rings. The number of carboxylic acids is 1. The molecule has 5 nitrogen and oxygen atoms in total. The number of hydrogen-bond donors (Lipinski definition) is 1. The molecule has 0 bridgehead atoms. The molecule has 3 rings (SSSR count). The van der Waals surface area contributed by atoms with E-state index in [1.807, 2.05) is 55.6 Å². The zero-order valence-electron chi connectivity index (χ0n) is 22.0. The molecule has 0 saturated heterocycles. The summed E-state index contributed by atoms with van der Waals surface area (Å²) in [7, 11) is 1.59. The van der Waals surface area contributed by atoms with E-state index in [1.54, 1.807) is 18.8 Å². The number of rotatable bonds is 13. The Balaban J connectivity index is 0.00000481. The number of nitrogens with zero attached hydrogens (tertiary/aromatic N) is 1. The molecule has 1 amide bonds. The Bertz CT molecular complexity index is 1010. The Kier molecular flexibility index (Phi) is 13.9. The number of aryl methyl sites for hydroxylation is 1. The van der Waals surface area contributed by atoms with E-state index < -0.39 is 12.0 Å². The average Bonchev–Trinajstić information content (AvgIpc) is 2.89. The number of carbonyl (C=O) groups excluding carboxylic acids is 1. The third-order valence-electron chi connectivity index (χ3n) is 7.31. The first-order valence-corrected chi connectivity index (χ1v) is 14.6. The number of ether oxygens (including phenoxy) is 1. The second kappa shape index (κ2) is 16.3. The van der Waals surface area contributed by atoms with E-state index in [0.717, 1.165) is 41.2 Å². The second-order valence-electron chi connectivity index (χ2n) is 9.95. The van der Waals surface area contributed by atoms with Gasteiger partial charge in [0.25, 0.3) is 5.91 Å². The van der Waals surface area contributed by atoms with Crippen molar-refractivity contribution >= 4 is 42.5 Å². The summed E-state index contributed by atoms with van der Waals surface area (Å²) >= 11 is 1.58. The van der Waals surface area contributed by atoms with E-state index >= 15 is 0 Å². The van der Waals surface area contributed by atoms with E-state index in [9.17, 15) is 14.7 Å². The van der Waals surface area contributed by atoms with Crippen molar-refractivity contribution in [2.75, 3.05) is 25.7 Å². The summed E-state index contributed by atoms with van der Waals surface area (Å²) in [5.74, 6) is 0.288. The fourth-order valence-electron chi connectivity index (χ4n) is 5.15. The Morgan fingerprint density at radius 2 is 1.84 bits per heavy atom. The molecule has 1 aliphatic carbocycles. The van der Waals surface area contributed by atoms with Gasteiger partial charge in [-0.1, -0.05) is 62.4 Å². The minimum absolute atomic E-state index is 0. The van der Waals surface area contributed by atoms with Crippen LogP contribution in [0.4, 0.5) is 0 Å². The number of amides is 1. The number of benzene rings is 2. The molecule has 1 fully saturated rings. The molecule has 198 valence electrons. The summed E-state index contributed by atoms with van der Waals surface area (Å²) in [5.41, 5.74) is 4.40. The van der Waals surface area contributed by atoms with Crippen molar-refractivity contribution in [1.29, 1.82) is 0 Å². The van der Waals surface area contributed by atoms with E-state index in [1.165, 1.54) is 43.4 Å². The molecule has 0 unspecified atom stereocenters. The van der Waals surface area contributed by atoms with Crippen LogP contribution in [0.2, 0.25) is 0 Å². The summed E-state index contributed by atoms with van der Waals surface area (Å²) < 4.78 is 6.02. The molecule has 1 N–H and O–H groups in total. The van der Waals surface area contributed by atoms with Crippen LogP contribution in [0.3, 0.4) is 0 Å². The fraction of sp³-hybridized carbons (Fsp3) is 0.533. The van der Waals surface area contributed by atoms with Gasteiger partial charge in [-0.15, -0.1) is 0 Å². The van der Waals surface area contributed by atoms with Gasteiger partial charge in [0.05, 0.1) is 6.61 Å². The molecule has 0 aliphatic heterocycles. The molecular formula is C30H42LiNO4S. The molecule has 0 aromatic heterocycles. The first-order valence-electron chi connectivity index (χ1n) is 13.2. The zero-order valence-corrected chi connectivity index (χ0v) is 22.8. The first kappa shape index (κ1) is 31.5. The van der Waals surface area contributed by atoms with Crippen LogP contribution in [-0.4, -0.2) is 72.4 Å². The van der Waals surface area contributed by atoms with Gasteiger partial charge in [-0.3, -0.25) is 4.79 Å². The number of thioether (sulfide) groups is 1. The summed E-state index contributed by atoms with van der Waals surface area (Å²) in [6.45, 7) is 3.27.